The molecule has 2 atom stereocenters. The molecule has 2 aliphatic heterocycles. The van der Waals surface area contributed by atoms with Crippen molar-refractivity contribution in [2.75, 3.05) is 23.0 Å². The molecule has 0 aliphatic carbocycles. The fourth-order valence-electron chi connectivity index (χ4n) is 3.93. The van der Waals surface area contributed by atoms with Crippen LogP contribution in [0.25, 0.3) is 5.65 Å². The Morgan fingerprint density at radius 2 is 2.05 bits per heavy atom. The molecule has 0 saturated carbocycles. The van der Waals surface area contributed by atoms with Crippen LogP contribution in [0.5, 0.6) is 0 Å². The highest BCUT2D eigenvalue weighted by molar-refractivity contribution is 8.00. The number of halogens is 2. The number of β-lactam (4-membered cyclic amide) rings is 1. The van der Waals surface area contributed by atoms with E-state index < -0.39 is 23.3 Å². The van der Waals surface area contributed by atoms with E-state index in [4.69, 9.17) is 28.9 Å². The summed E-state index contributed by atoms with van der Waals surface area (Å²) < 4.78 is 1.69. The fraction of sp³-hybridized carbons (Fsp3) is 0.227. The molecule has 2 amide bonds. The molecular weight excluding hydrogens is 607 g/mol. The predicted molar refractivity (Wildman–Crippen MR) is 148 cm³/mol. The van der Waals surface area contributed by atoms with Gasteiger partial charge in [-0.15, -0.1) is 28.0 Å². The summed E-state index contributed by atoms with van der Waals surface area (Å²) in [6.07, 6.45) is 5.03. The third-order valence-electron chi connectivity index (χ3n) is 5.56. The number of anilines is 1. The Morgan fingerprint density at radius 1 is 1.28 bits per heavy atom. The van der Waals surface area contributed by atoms with E-state index in [1.165, 1.54) is 46.5 Å². The number of rotatable bonds is 9. The summed E-state index contributed by atoms with van der Waals surface area (Å²) in [4.78, 5) is 51.7. The standard InChI is InChI=1S/C22H18Cl2N8O4S3/c23-12-4-11(5-13(24)28-12)38-8-16(33)30-17-19(34)31-18(21(35)36)10(7-39-20(17)31)2-1-3-37-22-29-14(25)6-15-26-9-27-32(15)22/h1-2,4-6,9,17,20H,3,7-8H2,(H4,25,26,27,30,33,35,36)/p+1/b2-1+/t17-,20-/m1/s1. The third kappa shape index (κ3) is 5.96. The van der Waals surface area contributed by atoms with E-state index in [9.17, 15) is 19.5 Å². The number of H-pyrrole nitrogens is 1. The number of carboxylic acids is 1. The van der Waals surface area contributed by atoms with E-state index in [0.717, 1.165) is 0 Å². The molecule has 0 radical (unpaired) electrons. The number of aliphatic carboxylic acids is 1. The van der Waals surface area contributed by atoms with Crippen LogP contribution >= 0.6 is 58.5 Å². The van der Waals surface area contributed by atoms with Gasteiger partial charge in [-0.1, -0.05) is 45.3 Å². The van der Waals surface area contributed by atoms with E-state index in [2.05, 4.69) is 25.4 Å². The van der Waals surface area contributed by atoms with Crippen LogP contribution in [0.2, 0.25) is 10.3 Å². The summed E-state index contributed by atoms with van der Waals surface area (Å²) in [5, 5.41) is 16.1. The second-order valence-corrected chi connectivity index (χ2v) is 12.0. The number of aromatic amines is 1. The molecular formula is C22H19Cl2N8O4S3+. The van der Waals surface area contributed by atoms with Gasteiger partial charge in [0.25, 0.3) is 11.6 Å². The van der Waals surface area contributed by atoms with Crippen LogP contribution in [0.4, 0.5) is 5.82 Å². The Morgan fingerprint density at radius 3 is 2.79 bits per heavy atom. The van der Waals surface area contributed by atoms with Crippen molar-refractivity contribution in [3.63, 3.8) is 0 Å². The van der Waals surface area contributed by atoms with Crippen molar-refractivity contribution in [3.05, 3.63) is 58.3 Å². The van der Waals surface area contributed by atoms with Crippen molar-refractivity contribution in [1.29, 1.82) is 0 Å². The molecule has 12 nitrogen and oxygen atoms in total. The average molecular weight is 627 g/mol. The first-order valence-corrected chi connectivity index (χ1v) is 15.0. The van der Waals surface area contributed by atoms with Crippen molar-refractivity contribution >= 4 is 87.7 Å². The molecule has 0 spiro atoms. The molecule has 5 heterocycles. The lowest BCUT2D eigenvalue weighted by Gasteiger charge is -2.49. The number of nitrogens with two attached hydrogens (primary N) is 1. The van der Waals surface area contributed by atoms with Crippen LogP contribution in [0.15, 0.2) is 58.0 Å². The highest BCUT2D eigenvalue weighted by Crippen LogP contribution is 2.40. The van der Waals surface area contributed by atoms with Crippen molar-refractivity contribution in [2.45, 2.75) is 21.5 Å². The molecule has 0 aromatic carbocycles. The van der Waals surface area contributed by atoms with Crippen LogP contribution < -0.4 is 15.6 Å². The minimum Gasteiger partial charge on any atom is -0.477 e. The number of aromatic nitrogens is 5. The van der Waals surface area contributed by atoms with Crippen LogP contribution in [0, 0.1) is 0 Å². The van der Waals surface area contributed by atoms with Gasteiger partial charge in [-0.2, -0.15) is 0 Å². The monoisotopic (exact) mass is 625 g/mol. The Hall–Kier alpha value is -2.98. The smallest absolute Gasteiger partial charge is 0.352 e. The van der Waals surface area contributed by atoms with Gasteiger partial charge in [0.2, 0.25) is 11.7 Å². The van der Waals surface area contributed by atoms with Crippen LogP contribution in [-0.4, -0.2) is 76.5 Å². The second kappa shape index (κ2) is 11.6. The zero-order valence-electron chi connectivity index (χ0n) is 19.7. The largest absolute Gasteiger partial charge is 0.477 e. The minimum absolute atomic E-state index is 0.0240. The number of nitrogens with zero attached hydrogens (tertiary/aromatic N) is 5. The first kappa shape index (κ1) is 27.6. The summed E-state index contributed by atoms with van der Waals surface area (Å²) in [7, 11) is 0. The van der Waals surface area contributed by atoms with Gasteiger partial charge in [-0.05, 0) is 29.5 Å². The molecule has 0 unspecified atom stereocenters. The predicted octanol–water partition coefficient (Wildman–Crippen LogP) is 2.01. The maximum atomic E-state index is 12.9. The molecule has 0 bridgehead atoms. The van der Waals surface area contributed by atoms with Gasteiger partial charge in [0, 0.05) is 16.4 Å². The minimum atomic E-state index is -1.21. The zero-order chi connectivity index (χ0) is 27.7. The molecule has 3 aromatic rings. The third-order valence-corrected chi connectivity index (χ3v) is 9.11. The van der Waals surface area contributed by atoms with Crippen molar-refractivity contribution < 1.29 is 24.0 Å². The number of carboxylic acid groups (broad SMARTS) is 1. The van der Waals surface area contributed by atoms with E-state index in [-0.39, 0.29) is 27.7 Å². The number of amides is 2. The molecule has 5 N–H and O–H groups in total. The molecule has 39 heavy (non-hydrogen) atoms. The first-order valence-electron chi connectivity index (χ1n) is 11.2. The number of fused-ring (bicyclic) bond motifs is 2. The number of thioether (sulfide) groups is 3. The van der Waals surface area contributed by atoms with Crippen LogP contribution in [-0.2, 0) is 14.4 Å². The van der Waals surface area contributed by atoms with Gasteiger partial charge in [-0.25, -0.2) is 14.9 Å². The van der Waals surface area contributed by atoms with Crippen molar-refractivity contribution in [1.82, 2.24) is 30.3 Å². The normalized spacial score (nSPS) is 18.9. The molecule has 5 rings (SSSR count). The Labute approximate surface area is 243 Å². The average Bonchev–Trinajstić information content (AvgIpc) is 3.36. The SMILES string of the molecule is Nc1cc2nc[nH][n+]2c(SC/C=C/C2=C(C(=O)O)N3C(=O)[C@@H](NC(=O)CSc4cc(Cl)nc(Cl)c4)[C@H]3SC2)n1. The Balaban J connectivity index is 1.21. The maximum Gasteiger partial charge on any atom is 0.352 e. The lowest BCUT2D eigenvalue weighted by atomic mass is 10.0. The number of carbonyl (C=O) groups is 3. The second-order valence-electron chi connectivity index (χ2n) is 8.13. The molecule has 2 aliphatic rings. The van der Waals surface area contributed by atoms with Crippen LogP contribution in [0.1, 0.15) is 0 Å². The number of pyridine rings is 1. The van der Waals surface area contributed by atoms with Gasteiger partial charge in [-0.3, -0.25) is 14.5 Å². The topological polar surface area (TPSA) is 171 Å². The first-order chi connectivity index (χ1) is 18.7. The number of carbonyl (C=O) groups excluding carboxylic acids is 2. The summed E-state index contributed by atoms with van der Waals surface area (Å²) >= 11 is 15.7. The molecule has 17 heteroatoms. The lowest BCUT2D eigenvalue weighted by Crippen LogP contribution is -2.70. The van der Waals surface area contributed by atoms with E-state index in [1.807, 2.05) is 0 Å². The summed E-state index contributed by atoms with van der Waals surface area (Å²) in [6.45, 7) is 0. The molecule has 1 fully saturated rings. The highest BCUT2D eigenvalue weighted by atomic mass is 35.5. The van der Waals surface area contributed by atoms with E-state index in [0.29, 0.717) is 38.6 Å². The molecule has 3 aromatic heterocycles. The van der Waals surface area contributed by atoms with Crippen molar-refractivity contribution in [3.8, 4) is 0 Å². The fourth-order valence-corrected chi connectivity index (χ4v) is 7.39. The quantitative estimate of drug-likeness (QED) is 0.0901. The number of nitrogen functional groups attached to an aromatic ring is 1. The molecule has 202 valence electrons. The lowest BCUT2D eigenvalue weighted by molar-refractivity contribution is -0.622. The number of hydrogen-bond donors (Lipinski definition) is 4. The Bertz CT molecular complexity index is 1530. The number of hydrogen-bond acceptors (Lipinski definition) is 10. The summed E-state index contributed by atoms with van der Waals surface area (Å²) in [5.74, 6) is -0.855. The summed E-state index contributed by atoms with van der Waals surface area (Å²) in [6, 6.07) is 3.99. The van der Waals surface area contributed by atoms with Gasteiger partial charge < -0.3 is 16.2 Å². The highest BCUT2D eigenvalue weighted by Gasteiger charge is 2.53. The van der Waals surface area contributed by atoms with E-state index in [1.54, 1.807) is 34.9 Å². The van der Waals surface area contributed by atoms with Gasteiger partial charge in [0.1, 0.15) is 27.4 Å². The van der Waals surface area contributed by atoms with Gasteiger partial charge >= 0.3 is 11.1 Å². The summed E-state index contributed by atoms with van der Waals surface area (Å²) in [5.41, 5.74) is 6.88. The maximum absolute atomic E-state index is 12.9. The van der Waals surface area contributed by atoms with Crippen molar-refractivity contribution in [2.24, 2.45) is 0 Å². The number of nitrogens with one attached hydrogen (secondary N) is 2. The van der Waals surface area contributed by atoms with Gasteiger partial charge in [0.15, 0.2) is 6.33 Å². The molecule has 1 saturated heterocycles. The van der Waals surface area contributed by atoms with E-state index >= 15 is 0 Å². The van der Waals surface area contributed by atoms with Crippen LogP contribution in [0.3, 0.4) is 0 Å². The number of allylic oxidation sites excluding steroid dienone is 1. The Kier molecular flexibility index (Phi) is 8.23. The zero-order valence-corrected chi connectivity index (χ0v) is 23.7. The van der Waals surface area contributed by atoms with Gasteiger partial charge in [0.05, 0.1) is 11.8 Å².